The smallest absolute Gasteiger partial charge is 0.251 e. The lowest BCUT2D eigenvalue weighted by Crippen LogP contribution is -2.13. The Bertz CT molecular complexity index is 28.5. The molecule has 0 aromatic heterocycles. The van der Waals surface area contributed by atoms with E-state index in [1.807, 2.05) is 0 Å². The molecule has 0 rings (SSSR count). The summed E-state index contributed by atoms with van der Waals surface area (Å²) in [5, 5.41) is -2.03. The van der Waals surface area contributed by atoms with E-state index < -0.39 is 14.6 Å². The molecule has 0 atom stereocenters. The number of rotatable bonds is 1. The topological polar surface area (TPSA) is 3.24 Å². The second-order valence-electron chi connectivity index (χ2n) is 0.537. The zero-order valence-electron chi connectivity index (χ0n) is 2.54. The van der Waals surface area contributed by atoms with Gasteiger partial charge in [0.05, 0.1) is 5.01 Å². The molecular formula is HF4NSi. The molecule has 0 unspecified atom stereocenters. The highest BCUT2D eigenvalue weighted by molar-refractivity contribution is 6.37. The van der Waals surface area contributed by atoms with E-state index >= 15 is 0 Å². The van der Waals surface area contributed by atoms with Gasteiger partial charge in [-0.05, 0) is 0 Å². The Morgan fingerprint density at radius 3 is 1.33 bits per heavy atom. The van der Waals surface area contributed by atoms with E-state index in [4.69, 9.17) is 0 Å². The number of hydrogen-bond acceptors (Lipinski definition) is 1. The first-order valence-corrected chi connectivity index (χ1v) is 2.42. The molecule has 6 heteroatoms. The van der Waals surface area contributed by atoms with Crippen molar-refractivity contribution in [3.8, 4) is 0 Å². The van der Waals surface area contributed by atoms with Gasteiger partial charge >= 0.3 is 9.63 Å². The van der Waals surface area contributed by atoms with Crippen LogP contribution in [0.15, 0.2) is 0 Å². The van der Waals surface area contributed by atoms with Crippen LogP contribution in [0, 0.1) is 0 Å². The first kappa shape index (κ1) is 5.90. The van der Waals surface area contributed by atoms with Gasteiger partial charge in [0.15, 0.2) is 0 Å². The summed E-state index contributed by atoms with van der Waals surface area (Å²) in [6.07, 6.45) is 0. The fraction of sp³-hybridized carbons (Fsp3) is 0. The third-order valence-electron chi connectivity index (χ3n) is 0.148. The van der Waals surface area contributed by atoms with Crippen LogP contribution in [-0.4, -0.2) is 14.6 Å². The molecule has 0 saturated carbocycles. The first-order chi connectivity index (χ1) is 2.64. The number of nitrogens with zero attached hydrogens (tertiary/aromatic N) is 1. The van der Waals surface area contributed by atoms with Crippen LogP contribution < -0.4 is 0 Å². The van der Waals surface area contributed by atoms with Crippen LogP contribution in [0.4, 0.5) is 17.2 Å². The van der Waals surface area contributed by atoms with Gasteiger partial charge in [0.2, 0.25) is 0 Å². The molecule has 0 amide bonds. The largest absolute Gasteiger partial charge is 0.551 e. The molecule has 0 aromatic carbocycles. The molecule has 0 heterocycles. The summed E-state index contributed by atoms with van der Waals surface area (Å²) in [5.41, 5.74) is 0. The van der Waals surface area contributed by atoms with Crippen LogP contribution in [0.2, 0.25) is 0 Å². The molecular weight excluding hydrogens is 118 g/mol. The lowest BCUT2D eigenvalue weighted by molar-refractivity contribution is -0.0814. The Balaban J connectivity index is 2.99. The van der Waals surface area contributed by atoms with Crippen LogP contribution in [0.3, 0.4) is 0 Å². The molecule has 6 heavy (non-hydrogen) atoms. The van der Waals surface area contributed by atoms with Crippen molar-refractivity contribution >= 4 is 9.63 Å². The van der Waals surface area contributed by atoms with Crippen molar-refractivity contribution in [2.24, 2.45) is 0 Å². The van der Waals surface area contributed by atoms with Gasteiger partial charge in [-0.15, -0.1) is 8.96 Å². The average Bonchev–Trinajstić information content (AvgIpc) is 1.36. The fourth-order valence-corrected chi connectivity index (χ4v) is 0. The van der Waals surface area contributed by atoms with Gasteiger partial charge in [-0.3, -0.25) is 8.22 Å². The van der Waals surface area contributed by atoms with Crippen LogP contribution >= 0.6 is 0 Å². The summed E-state index contributed by atoms with van der Waals surface area (Å²) in [6, 6.07) is 0. The Morgan fingerprint density at radius 1 is 1.17 bits per heavy atom. The molecule has 0 aromatic rings. The molecule has 0 N–H and O–H groups in total. The van der Waals surface area contributed by atoms with Crippen LogP contribution in [0.5, 0.6) is 0 Å². The first-order valence-electron chi connectivity index (χ1n) is 1.03. The molecule has 0 aliphatic heterocycles. The number of hydrogen-bond donors (Lipinski definition) is 0. The van der Waals surface area contributed by atoms with E-state index in [1.165, 1.54) is 0 Å². The van der Waals surface area contributed by atoms with Crippen molar-refractivity contribution in [2.45, 2.75) is 0 Å². The minimum atomic E-state index is -4.74. The van der Waals surface area contributed by atoms with Crippen LogP contribution in [0.25, 0.3) is 0 Å². The van der Waals surface area contributed by atoms with Gasteiger partial charge in [-0.2, -0.15) is 0 Å². The van der Waals surface area contributed by atoms with Gasteiger partial charge in [-0.1, -0.05) is 0 Å². The molecule has 38 valence electrons. The molecule has 0 radical (unpaired) electrons. The van der Waals surface area contributed by atoms with Gasteiger partial charge in [0, 0.05) is 0 Å². The third-order valence-corrected chi connectivity index (χ3v) is 0.443. The maximum Gasteiger partial charge on any atom is 0.551 e. The van der Waals surface area contributed by atoms with Gasteiger partial charge in [0.1, 0.15) is 0 Å². The van der Waals surface area contributed by atoms with Crippen molar-refractivity contribution in [2.75, 3.05) is 0 Å². The fourth-order valence-electron chi connectivity index (χ4n) is 0. The van der Waals surface area contributed by atoms with E-state index in [-0.39, 0.29) is 0 Å². The lowest BCUT2D eigenvalue weighted by Gasteiger charge is -1.89. The monoisotopic (exact) mass is 119 g/mol. The number of halogens is 4. The summed E-state index contributed by atoms with van der Waals surface area (Å²) < 4.78 is 41.5. The second kappa shape index (κ2) is 2.14. The molecule has 0 spiro atoms. The summed E-state index contributed by atoms with van der Waals surface area (Å²) >= 11 is 0. The second-order valence-corrected chi connectivity index (χ2v) is 1.48. The van der Waals surface area contributed by atoms with Crippen molar-refractivity contribution in [1.82, 2.24) is 5.01 Å². The standard InChI is InChI=1S/F4HNSi/c1-5(2)6(3)4/h6H. The highest BCUT2D eigenvalue weighted by atomic mass is 28.4. The quantitative estimate of drug-likeness (QED) is 0.213. The normalized spacial score (nSPS) is 11.0. The Morgan fingerprint density at radius 2 is 1.33 bits per heavy atom. The lowest BCUT2D eigenvalue weighted by atomic mass is 13.6. The average molecular weight is 119 g/mol. The van der Waals surface area contributed by atoms with E-state index in [0.717, 1.165) is 0 Å². The van der Waals surface area contributed by atoms with Crippen molar-refractivity contribution in [3.63, 3.8) is 0 Å². The maximum absolute atomic E-state index is 10.5. The van der Waals surface area contributed by atoms with E-state index in [1.54, 1.807) is 0 Å². The minimum absolute atomic E-state index is 2.03. The predicted octanol–water partition coefficient (Wildman–Crippen LogP) is 0.714. The van der Waals surface area contributed by atoms with E-state index in [0.29, 0.717) is 0 Å². The summed E-state index contributed by atoms with van der Waals surface area (Å²) in [4.78, 5) is 0. The summed E-state index contributed by atoms with van der Waals surface area (Å²) in [5.74, 6) is 0. The van der Waals surface area contributed by atoms with E-state index in [9.17, 15) is 17.2 Å². The predicted molar refractivity (Wildman–Crippen MR) is 13.4 cm³/mol. The zero-order chi connectivity index (χ0) is 5.15. The van der Waals surface area contributed by atoms with Gasteiger partial charge < -0.3 is 0 Å². The van der Waals surface area contributed by atoms with Crippen molar-refractivity contribution in [3.05, 3.63) is 0 Å². The third kappa shape index (κ3) is 2.15. The zero-order valence-corrected chi connectivity index (χ0v) is 3.69. The summed E-state index contributed by atoms with van der Waals surface area (Å²) in [7, 11) is -4.74. The highest BCUT2D eigenvalue weighted by Gasteiger charge is 2.18. The molecule has 0 fully saturated rings. The van der Waals surface area contributed by atoms with Crippen molar-refractivity contribution in [1.29, 1.82) is 0 Å². The Hall–Kier alpha value is -0.103. The van der Waals surface area contributed by atoms with Crippen molar-refractivity contribution < 1.29 is 17.2 Å². The SMILES string of the molecule is FN(F)[SiH](F)F. The highest BCUT2D eigenvalue weighted by Crippen LogP contribution is 1.96. The summed E-state index contributed by atoms with van der Waals surface area (Å²) in [6.45, 7) is 0. The molecule has 0 aliphatic carbocycles. The van der Waals surface area contributed by atoms with E-state index in [2.05, 4.69) is 0 Å². The molecule has 0 bridgehead atoms. The Kier molecular flexibility index (Phi) is 2.10. The van der Waals surface area contributed by atoms with Crippen LogP contribution in [0.1, 0.15) is 0 Å². The Labute approximate surface area is 33.1 Å². The minimum Gasteiger partial charge on any atom is -0.251 e. The molecule has 0 saturated heterocycles. The van der Waals surface area contributed by atoms with Crippen LogP contribution in [-0.2, 0) is 0 Å². The molecule has 1 nitrogen and oxygen atoms in total. The maximum atomic E-state index is 10.5. The van der Waals surface area contributed by atoms with Gasteiger partial charge in [0.25, 0.3) is 0 Å². The van der Waals surface area contributed by atoms with Gasteiger partial charge in [-0.25, -0.2) is 0 Å². The molecule has 0 aliphatic rings.